The molecule has 2 aromatic rings. The van der Waals surface area contributed by atoms with Crippen LogP contribution in [0.3, 0.4) is 0 Å². The third-order valence-corrected chi connectivity index (χ3v) is 7.04. The van der Waals surface area contributed by atoms with E-state index in [1.165, 1.54) is 14.1 Å². The minimum atomic E-state index is -4.01. The van der Waals surface area contributed by atoms with Crippen molar-refractivity contribution in [3.8, 4) is 0 Å². The van der Waals surface area contributed by atoms with Crippen molar-refractivity contribution in [3.63, 3.8) is 0 Å². The summed E-state index contributed by atoms with van der Waals surface area (Å²) in [5.74, 6) is -0.947. The fraction of sp³-hybridized carbons (Fsp3) is 0.474. The number of benzene rings is 1. The third-order valence-electron chi connectivity index (χ3n) is 4.55. The van der Waals surface area contributed by atoms with Gasteiger partial charge in [0, 0.05) is 14.1 Å². The number of amides is 1. The Morgan fingerprint density at radius 1 is 1.13 bits per heavy atom. The molecule has 1 aromatic carbocycles. The molecular formula is C19H27N5O5S2. The van der Waals surface area contributed by atoms with Gasteiger partial charge < -0.3 is 0 Å². The van der Waals surface area contributed by atoms with Crippen LogP contribution in [0.2, 0.25) is 0 Å². The number of nitrogens with one attached hydrogen (secondary N) is 2. The number of hydrogen-bond donors (Lipinski definition) is 2. The Balaban J connectivity index is 2.12. The van der Waals surface area contributed by atoms with E-state index in [9.17, 15) is 22.8 Å². The van der Waals surface area contributed by atoms with Crippen molar-refractivity contribution in [2.45, 2.75) is 50.0 Å². The van der Waals surface area contributed by atoms with E-state index in [0.29, 0.717) is 11.1 Å². The number of sulfonamides is 1. The molecule has 0 unspecified atom stereocenters. The molecule has 1 heterocycles. The van der Waals surface area contributed by atoms with Crippen LogP contribution in [0.4, 0.5) is 0 Å². The van der Waals surface area contributed by atoms with E-state index in [-0.39, 0.29) is 21.1 Å². The molecule has 0 atom stereocenters. The number of hydrazine groups is 1. The van der Waals surface area contributed by atoms with Crippen LogP contribution in [0.1, 0.15) is 37.5 Å². The second-order valence-corrected chi connectivity index (χ2v) is 10.8. The standard InChI is InChI=1S/C19H27N5O5S2/c1-11-8-13(19(3,4)5)9-12(2)15(11)31(28,29)22-20-14(25)10-30-16-17(26)23(6)18(27)24(7)21-16/h8-9,22H,10H2,1-7H3,(H,20,25). The predicted molar refractivity (Wildman–Crippen MR) is 119 cm³/mol. The summed E-state index contributed by atoms with van der Waals surface area (Å²) in [6.45, 7) is 9.53. The molecule has 10 nitrogen and oxygen atoms in total. The number of rotatable bonds is 6. The lowest BCUT2D eigenvalue weighted by Crippen LogP contribution is -2.43. The van der Waals surface area contributed by atoms with Gasteiger partial charge in [-0.25, -0.2) is 17.9 Å². The molecule has 2 N–H and O–H groups in total. The summed E-state index contributed by atoms with van der Waals surface area (Å²) in [5, 5.41) is 3.78. The van der Waals surface area contributed by atoms with Crippen LogP contribution in [-0.4, -0.2) is 34.4 Å². The zero-order chi connectivity index (χ0) is 23.7. The van der Waals surface area contributed by atoms with Gasteiger partial charge in [0.1, 0.15) is 0 Å². The zero-order valence-corrected chi connectivity index (χ0v) is 20.2. The van der Waals surface area contributed by atoms with Crippen molar-refractivity contribution >= 4 is 27.7 Å². The molecule has 1 amide bonds. The molecule has 1 aromatic heterocycles. The van der Waals surface area contributed by atoms with Crippen LogP contribution in [0.5, 0.6) is 0 Å². The van der Waals surface area contributed by atoms with Crippen LogP contribution in [0, 0.1) is 13.8 Å². The highest BCUT2D eigenvalue weighted by atomic mass is 32.2. The Labute approximate surface area is 185 Å². The largest absolute Gasteiger partial charge is 0.346 e. The van der Waals surface area contributed by atoms with Gasteiger partial charge in [-0.2, -0.15) is 5.10 Å². The lowest BCUT2D eigenvalue weighted by Gasteiger charge is -2.22. The van der Waals surface area contributed by atoms with Crippen LogP contribution in [-0.2, 0) is 34.3 Å². The number of carbonyl (C=O) groups is 1. The quantitative estimate of drug-likeness (QED) is 0.465. The summed E-state index contributed by atoms with van der Waals surface area (Å²) < 4.78 is 27.4. The van der Waals surface area contributed by atoms with Crippen molar-refractivity contribution in [1.82, 2.24) is 24.6 Å². The van der Waals surface area contributed by atoms with E-state index in [1.54, 1.807) is 13.8 Å². The van der Waals surface area contributed by atoms with E-state index in [4.69, 9.17) is 0 Å². The SMILES string of the molecule is Cc1cc(C(C)(C)C)cc(C)c1S(=O)(=O)NNC(=O)CSc1nn(C)c(=O)n(C)c1=O. The zero-order valence-electron chi connectivity index (χ0n) is 18.6. The molecular weight excluding hydrogens is 442 g/mol. The fourth-order valence-corrected chi connectivity index (χ4v) is 5.01. The predicted octanol–water partition coefficient (Wildman–Crippen LogP) is 0.495. The number of aromatic nitrogens is 3. The van der Waals surface area contributed by atoms with Crippen molar-refractivity contribution in [2.24, 2.45) is 14.1 Å². The first-order valence-corrected chi connectivity index (χ1v) is 11.8. The van der Waals surface area contributed by atoms with E-state index < -0.39 is 27.2 Å². The summed E-state index contributed by atoms with van der Waals surface area (Å²) in [6.07, 6.45) is 0. The minimum Gasteiger partial charge on any atom is -0.277 e. The highest BCUT2D eigenvalue weighted by Crippen LogP contribution is 2.28. The first-order chi connectivity index (χ1) is 14.1. The number of hydrogen-bond acceptors (Lipinski definition) is 7. The van der Waals surface area contributed by atoms with Crippen LogP contribution >= 0.6 is 11.8 Å². The van der Waals surface area contributed by atoms with Gasteiger partial charge in [-0.1, -0.05) is 44.7 Å². The van der Waals surface area contributed by atoms with Crippen molar-refractivity contribution in [1.29, 1.82) is 0 Å². The molecule has 31 heavy (non-hydrogen) atoms. The van der Waals surface area contributed by atoms with Crippen LogP contribution < -0.4 is 21.5 Å². The Morgan fingerprint density at radius 3 is 2.19 bits per heavy atom. The Kier molecular flexibility index (Phi) is 7.18. The van der Waals surface area contributed by atoms with E-state index in [0.717, 1.165) is 26.6 Å². The highest BCUT2D eigenvalue weighted by Gasteiger charge is 2.24. The van der Waals surface area contributed by atoms with Gasteiger partial charge in [0.05, 0.1) is 10.6 Å². The van der Waals surface area contributed by atoms with Crippen LogP contribution in [0.25, 0.3) is 0 Å². The monoisotopic (exact) mass is 469 g/mol. The smallest absolute Gasteiger partial charge is 0.277 e. The van der Waals surface area contributed by atoms with Gasteiger partial charge >= 0.3 is 5.69 Å². The Hall–Kier alpha value is -2.44. The van der Waals surface area contributed by atoms with E-state index in [2.05, 4.69) is 15.4 Å². The van der Waals surface area contributed by atoms with Gasteiger partial charge in [0.2, 0.25) is 5.91 Å². The minimum absolute atomic E-state index is 0.0490. The molecule has 2 rings (SSSR count). The molecule has 0 saturated heterocycles. The van der Waals surface area contributed by atoms with Crippen molar-refractivity contribution in [2.75, 3.05) is 5.75 Å². The summed E-state index contributed by atoms with van der Waals surface area (Å²) >= 11 is 0.799. The number of nitrogens with zero attached hydrogens (tertiary/aromatic N) is 3. The maximum atomic E-state index is 12.8. The fourth-order valence-electron chi connectivity index (χ4n) is 2.91. The van der Waals surface area contributed by atoms with E-state index in [1.807, 2.05) is 32.9 Å². The molecule has 0 aliphatic heterocycles. The molecule has 0 aliphatic carbocycles. The molecule has 12 heteroatoms. The first kappa shape index (κ1) is 24.8. The molecule has 0 saturated carbocycles. The molecule has 0 radical (unpaired) electrons. The lowest BCUT2D eigenvalue weighted by molar-refractivity contribution is -0.119. The summed E-state index contributed by atoms with van der Waals surface area (Å²) in [7, 11) is -1.32. The first-order valence-electron chi connectivity index (χ1n) is 9.34. The average molecular weight is 470 g/mol. The normalized spacial score (nSPS) is 12.1. The van der Waals surface area contributed by atoms with Gasteiger partial charge in [-0.15, -0.1) is 4.83 Å². The number of thioether (sulfide) groups is 1. The summed E-state index contributed by atoms with van der Waals surface area (Å²) in [4.78, 5) is 38.0. The molecule has 0 spiro atoms. The maximum Gasteiger partial charge on any atom is 0.346 e. The molecule has 0 bridgehead atoms. The van der Waals surface area contributed by atoms with Gasteiger partial charge in [0.25, 0.3) is 15.6 Å². The second-order valence-electron chi connectivity index (χ2n) is 8.21. The van der Waals surface area contributed by atoms with Gasteiger partial charge in [-0.3, -0.25) is 19.6 Å². The molecule has 0 aliphatic rings. The second kappa shape index (κ2) is 8.97. The highest BCUT2D eigenvalue weighted by molar-refractivity contribution is 7.99. The number of carbonyl (C=O) groups excluding carboxylic acids is 1. The van der Waals surface area contributed by atoms with E-state index >= 15 is 0 Å². The summed E-state index contributed by atoms with van der Waals surface area (Å²) in [5.41, 5.74) is 2.94. The lowest BCUT2D eigenvalue weighted by atomic mass is 9.85. The van der Waals surface area contributed by atoms with Crippen molar-refractivity contribution in [3.05, 3.63) is 49.7 Å². The van der Waals surface area contributed by atoms with Crippen LogP contribution in [0.15, 0.2) is 31.6 Å². The topological polar surface area (TPSA) is 132 Å². The number of aryl methyl sites for hydroxylation is 3. The average Bonchev–Trinajstić information content (AvgIpc) is 2.65. The summed E-state index contributed by atoms with van der Waals surface area (Å²) in [6, 6.07) is 3.64. The van der Waals surface area contributed by atoms with Gasteiger partial charge in [-0.05, 0) is 36.0 Å². The third kappa shape index (κ3) is 5.63. The van der Waals surface area contributed by atoms with Gasteiger partial charge in [0.15, 0.2) is 5.03 Å². The Bertz CT molecular complexity index is 1220. The van der Waals surface area contributed by atoms with Crippen molar-refractivity contribution < 1.29 is 13.2 Å². The molecule has 0 fully saturated rings. The molecule has 170 valence electrons. The Morgan fingerprint density at radius 2 is 1.68 bits per heavy atom. The maximum absolute atomic E-state index is 12.8.